The Labute approximate surface area is 201 Å². The molecule has 1 saturated heterocycles. The zero-order valence-electron chi connectivity index (χ0n) is 19.8. The van der Waals surface area contributed by atoms with Gasteiger partial charge in [-0.15, -0.1) is 0 Å². The maximum Gasteiger partial charge on any atom is 0.229 e. The molecule has 0 unspecified atom stereocenters. The molecule has 0 amide bonds. The van der Waals surface area contributed by atoms with Gasteiger partial charge in [0.15, 0.2) is 11.4 Å². The van der Waals surface area contributed by atoms with Crippen molar-refractivity contribution in [1.82, 2.24) is 24.7 Å². The zero-order valence-corrected chi connectivity index (χ0v) is 19.8. The highest BCUT2D eigenvalue weighted by Gasteiger charge is 2.19. The number of aryl methyl sites for hydroxylation is 1. The highest BCUT2D eigenvalue weighted by atomic mass is 16.5. The highest BCUT2D eigenvalue weighted by molar-refractivity contribution is 6.01. The summed E-state index contributed by atoms with van der Waals surface area (Å²) in [5.41, 5.74) is 3.45. The number of benzene rings is 1. The van der Waals surface area contributed by atoms with Crippen LogP contribution in [0.25, 0.3) is 33.3 Å². The first kappa shape index (κ1) is 21.4. The van der Waals surface area contributed by atoms with Gasteiger partial charge in [-0.2, -0.15) is 5.10 Å². The summed E-state index contributed by atoms with van der Waals surface area (Å²) < 4.78 is 13.6. The van der Waals surface area contributed by atoms with Gasteiger partial charge < -0.3 is 24.7 Å². The van der Waals surface area contributed by atoms with Crippen molar-refractivity contribution >= 4 is 45.0 Å². The predicted octanol–water partition coefficient (Wildman–Crippen LogP) is 4.18. The van der Waals surface area contributed by atoms with Crippen molar-refractivity contribution in [3.8, 4) is 11.5 Å². The second kappa shape index (κ2) is 8.55. The van der Waals surface area contributed by atoms with Crippen LogP contribution in [0.1, 0.15) is 6.92 Å². The Morgan fingerprint density at radius 3 is 2.77 bits per heavy atom. The molecule has 35 heavy (non-hydrogen) atoms. The maximum absolute atomic E-state index is 6.19. The monoisotopic (exact) mass is 470 g/mol. The van der Waals surface area contributed by atoms with Crippen molar-refractivity contribution in [2.24, 2.45) is 7.05 Å². The number of hydrogen-bond acceptors (Lipinski definition) is 9. The number of nitrogens with one attached hydrogen (secondary N) is 2. The number of fused-ring (bicyclic) bond motifs is 2. The lowest BCUT2D eigenvalue weighted by Crippen LogP contribution is -2.41. The minimum atomic E-state index is 0.206. The number of pyridine rings is 2. The quantitative estimate of drug-likeness (QED) is 0.391. The highest BCUT2D eigenvalue weighted by Crippen LogP contribution is 2.35. The topological polar surface area (TPSA) is 106 Å². The first-order valence-corrected chi connectivity index (χ1v) is 11.6. The molecule has 6 rings (SSSR count). The summed E-state index contributed by atoms with van der Waals surface area (Å²) in [5, 5.41) is 12.6. The second-order valence-electron chi connectivity index (χ2n) is 8.68. The normalized spacial score (nSPS) is 16.2. The van der Waals surface area contributed by atoms with Crippen LogP contribution in [0, 0.1) is 0 Å². The third-order valence-electron chi connectivity index (χ3n) is 6.19. The van der Waals surface area contributed by atoms with Gasteiger partial charge in [0.2, 0.25) is 5.89 Å². The summed E-state index contributed by atoms with van der Waals surface area (Å²) in [6, 6.07) is 10.00. The number of nitrogens with zero attached hydrogens (tertiary/aromatic N) is 6. The van der Waals surface area contributed by atoms with Crippen molar-refractivity contribution < 1.29 is 9.15 Å². The van der Waals surface area contributed by atoms with Crippen LogP contribution in [0.4, 0.5) is 23.1 Å². The fourth-order valence-electron chi connectivity index (χ4n) is 4.47. The number of aromatic nitrogens is 5. The number of anilines is 4. The van der Waals surface area contributed by atoms with Gasteiger partial charge in [-0.1, -0.05) is 0 Å². The lowest BCUT2D eigenvalue weighted by atomic mass is 10.1. The fraction of sp³-hybridized carbons (Fsp3) is 0.280. The van der Waals surface area contributed by atoms with Crippen LogP contribution in [0.2, 0.25) is 0 Å². The van der Waals surface area contributed by atoms with Crippen LogP contribution >= 0.6 is 0 Å². The molecule has 0 saturated carbocycles. The predicted molar refractivity (Wildman–Crippen MR) is 136 cm³/mol. The van der Waals surface area contributed by atoms with Crippen LogP contribution < -0.4 is 15.5 Å². The molecule has 0 radical (unpaired) electrons. The number of hydrogen-bond donors (Lipinski definition) is 2. The molecular formula is C25H26N8O2. The van der Waals surface area contributed by atoms with E-state index in [4.69, 9.17) is 14.1 Å². The lowest BCUT2D eigenvalue weighted by molar-refractivity contribution is 0.0532. The van der Waals surface area contributed by atoms with Crippen LogP contribution in [-0.2, 0) is 11.8 Å². The summed E-state index contributed by atoms with van der Waals surface area (Å²) in [4.78, 5) is 16.3. The summed E-state index contributed by atoms with van der Waals surface area (Å²) >= 11 is 0. The second-order valence-corrected chi connectivity index (χ2v) is 8.68. The number of ether oxygens (including phenoxy) is 1. The van der Waals surface area contributed by atoms with Gasteiger partial charge in [0.1, 0.15) is 17.2 Å². The van der Waals surface area contributed by atoms with E-state index in [-0.39, 0.29) is 6.10 Å². The van der Waals surface area contributed by atoms with Crippen molar-refractivity contribution in [3.63, 3.8) is 0 Å². The summed E-state index contributed by atoms with van der Waals surface area (Å²) in [5.74, 6) is 2.64. The van der Waals surface area contributed by atoms with E-state index in [2.05, 4.69) is 49.7 Å². The molecule has 0 aliphatic carbocycles. The van der Waals surface area contributed by atoms with Gasteiger partial charge in [0.25, 0.3) is 0 Å². The Bertz CT molecular complexity index is 1530. The number of morpholine rings is 1. The average Bonchev–Trinajstić information content (AvgIpc) is 3.48. The van der Waals surface area contributed by atoms with Crippen LogP contribution in [-0.4, -0.2) is 57.6 Å². The van der Waals surface area contributed by atoms with E-state index in [9.17, 15) is 0 Å². The SMILES string of the molecule is CNc1ncc(-c2nc3cc(N4CCO[C@@H](C)C4)ccc3o2)c2cc(Nc3ccn(C)n3)ncc12. The Balaban J connectivity index is 1.41. The fourth-order valence-corrected chi connectivity index (χ4v) is 4.47. The maximum atomic E-state index is 6.19. The van der Waals surface area contributed by atoms with Crippen molar-refractivity contribution in [3.05, 3.63) is 48.9 Å². The van der Waals surface area contributed by atoms with E-state index in [0.29, 0.717) is 11.7 Å². The van der Waals surface area contributed by atoms with Crippen LogP contribution in [0.3, 0.4) is 0 Å². The summed E-state index contributed by atoms with van der Waals surface area (Å²) in [6.07, 6.45) is 5.66. The lowest BCUT2D eigenvalue weighted by Gasteiger charge is -2.32. The van der Waals surface area contributed by atoms with Crippen LogP contribution in [0.5, 0.6) is 0 Å². The largest absolute Gasteiger partial charge is 0.436 e. The first-order valence-electron chi connectivity index (χ1n) is 11.6. The molecule has 178 valence electrons. The van der Waals surface area contributed by atoms with E-state index in [1.807, 2.05) is 38.5 Å². The molecule has 4 aromatic heterocycles. The zero-order chi connectivity index (χ0) is 23.9. The molecule has 5 aromatic rings. The molecule has 2 N–H and O–H groups in total. The van der Waals surface area contributed by atoms with Gasteiger partial charge in [-0.25, -0.2) is 15.0 Å². The van der Waals surface area contributed by atoms with Gasteiger partial charge in [-0.3, -0.25) is 4.68 Å². The van der Waals surface area contributed by atoms with Crippen molar-refractivity contribution in [2.75, 3.05) is 42.3 Å². The summed E-state index contributed by atoms with van der Waals surface area (Å²) in [7, 11) is 3.72. The Hall–Kier alpha value is -4.18. The van der Waals surface area contributed by atoms with Crippen LogP contribution in [0.15, 0.2) is 53.3 Å². The van der Waals surface area contributed by atoms with Gasteiger partial charge in [0.05, 0.1) is 18.3 Å². The van der Waals surface area contributed by atoms with Crippen molar-refractivity contribution in [2.45, 2.75) is 13.0 Å². The average molecular weight is 471 g/mol. The Morgan fingerprint density at radius 2 is 1.97 bits per heavy atom. The van der Waals surface area contributed by atoms with E-state index < -0.39 is 0 Å². The molecule has 1 fully saturated rings. The minimum Gasteiger partial charge on any atom is -0.436 e. The molecule has 10 heteroatoms. The van der Waals surface area contributed by atoms with Gasteiger partial charge in [0, 0.05) is 68.3 Å². The molecule has 1 aliphatic heterocycles. The molecule has 5 heterocycles. The molecule has 0 bridgehead atoms. The minimum absolute atomic E-state index is 0.206. The third kappa shape index (κ3) is 4.01. The van der Waals surface area contributed by atoms with E-state index in [1.54, 1.807) is 17.1 Å². The third-order valence-corrected chi connectivity index (χ3v) is 6.19. The van der Waals surface area contributed by atoms with E-state index in [1.165, 1.54) is 0 Å². The van der Waals surface area contributed by atoms with Gasteiger partial charge >= 0.3 is 0 Å². The molecular weight excluding hydrogens is 444 g/mol. The number of oxazole rings is 1. The molecule has 10 nitrogen and oxygen atoms in total. The van der Waals surface area contributed by atoms with E-state index in [0.717, 1.165) is 64.5 Å². The number of rotatable bonds is 5. The van der Waals surface area contributed by atoms with E-state index >= 15 is 0 Å². The molecule has 1 aliphatic rings. The van der Waals surface area contributed by atoms with Crippen molar-refractivity contribution in [1.29, 1.82) is 0 Å². The molecule has 1 atom stereocenters. The first-order chi connectivity index (χ1) is 17.1. The Kier molecular flexibility index (Phi) is 5.22. The Morgan fingerprint density at radius 1 is 1.06 bits per heavy atom. The smallest absolute Gasteiger partial charge is 0.229 e. The standard InChI is InChI=1S/C25H26N8O2/c1-15-14-33(8-9-34-15)16-4-5-21-20(10-16)29-25(35-21)19-13-28-24(26-2)18-12-27-23(11-17(18)19)30-22-6-7-32(3)31-22/h4-7,10-13,15H,8-9,14H2,1-3H3,(H,26,28)(H,27,30,31)/t15-/m0/s1. The van der Waals surface area contributed by atoms with Gasteiger partial charge in [-0.05, 0) is 31.2 Å². The summed E-state index contributed by atoms with van der Waals surface area (Å²) in [6.45, 7) is 4.54. The molecule has 1 aromatic carbocycles. The molecule has 0 spiro atoms.